The summed E-state index contributed by atoms with van der Waals surface area (Å²) in [6.45, 7) is 1.85. The molecular formula is C8H19O6P. The second-order valence-corrected chi connectivity index (χ2v) is 4.05. The Hall–Kier alpha value is -0.260. The molecule has 0 amide bonds. The summed E-state index contributed by atoms with van der Waals surface area (Å²) in [4.78, 5) is 32.1. The molecule has 0 rings (SSSR count). The normalized spacial score (nSPS) is 10.5. The van der Waals surface area contributed by atoms with Crippen LogP contribution in [0.25, 0.3) is 0 Å². The van der Waals surface area contributed by atoms with Crippen molar-refractivity contribution < 1.29 is 29.1 Å². The van der Waals surface area contributed by atoms with Crippen molar-refractivity contribution in [3.8, 4) is 0 Å². The maximum absolute atomic E-state index is 10.5. The van der Waals surface area contributed by atoms with Crippen LogP contribution in [0.15, 0.2) is 0 Å². The van der Waals surface area contributed by atoms with Gasteiger partial charge in [0, 0.05) is 6.42 Å². The highest BCUT2D eigenvalue weighted by molar-refractivity contribution is 7.45. The van der Waals surface area contributed by atoms with Gasteiger partial charge in [-0.2, -0.15) is 0 Å². The molecule has 0 aromatic rings. The van der Waals surface area contributed by atoms with Crippen molar-refractivity contribution >= 4 is 13.6 Å². The van der Waals surface area contributed by atoms with Gasteiger partial charge in [-0.05, 0) is 6.42 Å². The number of rotatable bonds is 6. The highest BCUT2D eigenvalue weighted by Gasteiger charge is 2.00. The van der Waals surface area contributed by atoms with Crippen LogP contribution < -0.4 is 0 Å². The Bertz CT molecular complexity index is 191. The highest BCUT2D eigenvalue weighted by Crippen LogP contribution is 2.25. The summed E-state index contributed by atoms with van der Waals surface area (Å²) < 4.78 is 8.88. The lowest BCUT2D eigenvalue weighted by Gasteiger charge is -1.95. The molecule has 0 aromatic heterocycles. The number of phosphoric acid groups is 1. The van der Waals surface area contributed by atoms with Crippen LogP contribution in [-0.2, 0) is 9.36 Å². The van der Waals surface area contributed by atoms with Crippen molar-refractivity contribution in [2.24, 2.45) is 0 Å². The number of carbonyl (C=O) groups excluding carboxylic acids is 1. The SMILES string of the molecule is CCCCCCC(=O)CO.O=P(O)(O)O. The summed E-state index contributed by atoms with van der Waals surface area (Å²) in [5, 5.41) is 8.34. The quantitative estimate of drug-likeness (QED) is 0.400. The molecular weight excluding hydrogens is 223 g/mol. The van der Waals surface area contributed by atoms with Crippen molar-refractivity contribution in [2.75, 3.05) is 6.61 Å². The summed E-state index contributed by atoms with van der Waals surface area (Å²) in [6, 6.07) is 0. The predicted molar refractivity (Wildman–Crippen MR) is 55.1 cm³/mol. The number of carbonyl (C=O) groups is 1. The molecule has 0 atom stereocenters. The van der Waals surface area contributed by atoms with Gasteiger partial charge in [0.25, 0.3) is 0 Å². The Morgan fingerprint density at radius 1 is 1.13 bits per heavy atom. The van der Waals surface area contributed by atoms with Gasteiger partial charge >= 0.3 is 7.82 Å². The van der Waals surface area contributed by atoms with Crippen LogP contribution in [0.3, 0.4) is 0 Å². The van der Waals surface area contributed by atoms with Gasteiger partial charge in [0.05, 0.1) is 0 Å². The largest absolute Gasteiger partial charge is 0.466 e. The number of aliphatic hydroxyl groups excluding tert-OH is 1. The first-order valence-corrected chi connectivity index (χ1v) is 6.28. The number of hydrogen-bond donors (Lipinski definition) is 4. The molecule has 0 saturated heterocycles. The zero-order chi connectivity index (χ0) is 12.3. The van der Waals surface area contributed by atoms with E-state index in [9.17, 15) is 4.79 Å². The molecule has 92 valence electrons. The first kappa shape index (κ1) is 17.1. The monoisotopic (exact) mass is 242 g/mol. The molecule has 0 aliphatic carbocycles. The lowest BCUT2D eigenvalue weighted by molar-refractivity contribution is -0.121. The molecule has 0 aliphatic heterocycles. The van der Waals surface area contributed by atoms with Gasteiger partial charge in [-0.25, -0.2) is 4.57 Å². The number of hydrogen-bond acceptors (Lipinski definition) is 3. The molecule has 0 unspecified atom stereocenters. The average molecular weight is 242 g/mol. The molecule has 15 heavy (non-hydrogen) atoms. The van der Waals surface area contributed by atoms with Crippen molar-refractivity contribution in [2.45, 2.75) is 39.0 Å². The van der Waals surface area contributed by atoms with E-state index in [0.29, 0.717) is 6.42 Å². The number of Topliss-reactive ketones (excluding diaryl/α,β-unsaturated/α-hetero) is 1. The van der Waals surface area contributed by atoms with E-state index in [1.54, 1.807) is 0 Å². The van der Waals surface area contributed by atoms with Crippen LogP contribution in [0.2, 0.25) is 0 Å². The molecule has 0 aromatic carbocycles. The Labute approximate surface area is 89.2 Å². The van der Waals surface area contributed by atoms with E-state index in [1.807, 2.05) is 0 Å². The maximum atomic E-state index is 10.5. The fourth-order valence-electron chi connectivity index (χ4n) is 0.828. The van der Waals surface area contributed by atoms with Gasteiger partial charge in [0.1, 0.15) is 6.61 Å². The van der Waals surface area contributed by atoms with Crippen LogP contribution in [-0.4, -0.2) is 32.2 Å². The second-order valence-electron chi connectivity index (χ2n) is 3.02. The topological polar surface area (TPSA) is 115 Å². The highest BCUT2D eigenvalue weighted by atomic mass is 31.2. The van der Waals surface area contributed by atoms with E-state index in [2.05, 4.69) is 6.92 Å². The number of ketones is 1. The van der Waals surface area contributed by atoms with E-state index >= 15 is 0 Å². The summed E-state index contributed by atoms with van der Waals surface area (Å²) in [5.41, 5.74) is 0. The molecule has 0 heterocycles. The van der Waals surface area contributed by atoms with Crippen LogP contribution in [0.1, 0.15) is 39.0 Å². The predicted octanol–water partition coefficient (Wildman–Crippen LogP) is 0.590. The fourth-order valence-corrected chi connectivity index (χ4v) is 0.828. The second kappa shape index (κ2) is 10.3. The first-order valence-electron chi connectivity index (χ1n) is 4.72. The number of aliphatic hydroxyl groups is 1. The van der Waals surface area contributed by atoms with Crippen LogP contribution >= 0.6 is 7.82 Å². The van der Waals surface area contributed by atoms with E-state index < -0.39 is 7.82 Å². The lowest BCUT2D eigenvalue weighted by Crippen LogP contribution is -2.02. The van der Waals surface area contributed by atoms with Gasteiger partial charge in [-0.3, -0.25) is 4.79 Å². The smallest absolute Gasteiger partial charge is 0.389 e. The Kier molecular flexibility index (Phi) is 11.7. The van der Waals surface area contributed by atoms with Crippen molar-refractivity contribution in [3.05, 3.63) is 0 Å². The van der Waals surface area contributed by atoms with Crippen molar-refractivity contribution in [1.82, 2.24) is 0 Å². The first-order chi connectivity index (χ1) is 6.81. The minimum Gasteiger partial charge on any atom is -0.389 e. The minimum atomic E-state index is -4.64. The third kappa shape index (κ3) is 31.6. The van der Waals surface area contributed by atoms with Crippen molar-refractivity contribution in [1.29, 1.82) is 0 Å². The average Bonchev–Trinajstić information content (AvgIpc) is 2.09. The van der Waals surface area contributed by atoms with Gasteiger partial charge in [-0.15, -0.1) is 0 Å². The summed E-state index contributed by atoms with van der Waals surface area (Å²) in [5.74, 6) is -0.0314. The molecule has 0 aliphatic rings. The molecule has 0 fully saturated rings. The Morgan fingerprint density at radius 2 is 1.60 bits per heavy atom. The van der Waals surface area contributed by atoms with Gasteiger partial charge < -0.3 is 19.8 Å². The molecule has 7 heteroatoms. The zero-order valence-electron chi connectivity index (χ0n) is 8.80. The van der Waals surface area contributed by atoms with E-state index in [1.165, 1.54) is 12.8 Å². The molecule has 0 saturated carbocycles. The third-order valence-electron chi connectivity index (χ3n) is 1.49. The molecule has 0 bridgehead atoms. The molecule has 0 spiro atoms. The van der Waals surface area contributed by atoms with Crippen LogP contribution in [0.5, 0.6) is 0 Å². The van der Waals surface area contributed by atoms with Gasteiger partial charge in [0.2, 0.25) is 0 Å². The van der Waals surface area contributed by atoms with E-state index in [4.69, 9.17) is 24.4 Å². The summed E-state index contributed by atoms with van der Waals surface area (Å²) in [7, 11) is -4.64. The summed E-state index contributed by atoms with van der Waals surface area (Å²) >= 11 is 0. The van der Waals surface area contributed by atoms with Crippen molar-refractivity contribution in [3.63, 3.8) is 0 Å². The van der Waals surface area contributed by atoms with Crippen LogP contribution in [0.4, 0.5) is 0 Å². The number of unbranched alkanes of at least 4 members (excludes halogenated alkanes) is 3. The zero-order valence-corrected chi connectivity index (χ0v) is 9.69. The van der Waals surface area contributed by atoms with E-state index in [-0.39, 0.29) is 12.4 Å². The van der Waals surface area contributed by atoms with Gasteiger partial charge in [-0.1, -0.05) is 26.2 Å². The van der Waals surface area contributed by atoms with E-state index in [0.717, 1.165) is 12.8 Å². The standard InChI is InChI=1S/C8H16O2.H3O4P/c1-2-3-4-5-6-8(10)7-9;1-5(2,3)4/h9H,2-7H2,1H3;(H3,1,2,3,4). The fraction of sp³-hybridized carbons (Fsp3) is 0.875. The minimum absolute atomic E-state index is 0.0314. The summed E-state index contributed by atoms with van der Waals surface area (Å²) in [6.07, 6.45) is 4.98. The molecule has 4 N–H and O–H groups in total. The molecule has 6 nitrogen and oxygen atoms in total. The Morgan fingerprint density at radius 3 is 1.93 bits per heavy atom. The third-order valence-corrected chi connectivity index (χ3v) is 1.49. The Balaban J connectivity index is 0. The molecule has 0 radical (unpaired) electrons. The lowest BCUT2D eigenvalue weighted by atomic mass is 10.1. The maximum Gasteiger partial charge on any atom is 0.466 e. The van der Waals surface area contributed by atoms with Gasteiger partial charge in [0.15, 0.2) is 5.78 Å². The van der Waals surface area contributed by atoms with Crippen LogP contribution in [0, 0.1) is 0 Å².